The molecular weight excluding hydrogens is 178 g/mol. The summed E-state index contributed by atoms with van der Waals surface area (Å²) in [6.45, 7) is 1.42. The number of aliphatic hydroxyl groups is 1. The molecule has 70 valence electrons. The van der Waals surface area contributed by atoms with Crippen molar-refractivity contribution in [1.82, 2.24) is 0 Å². The fraction of sp³-hybridized carbons (Fsp3) is 0.0909. The third-order valence-electron chi connectivity index (χ3n) is 1.62. The van der Waals surface area contributed by atoms with Crippen LogP contribution in [0.15, 0.2) is 36.1 Å². The normalized spacial score (nSPS) is 10.7. The van der Waals surface area contributed by atoms with E-state index in [1.165, 1.54) is 13.0 Å². The lowest BCUT2D eigenvalue weighted by Crippen LogP contribution is -1.95. The number of rotatable bonds is 2. The molecule has 0 saturated heterocycles. The molecule has 0 aromatic heterocycles. The van der Waals surface area contributed by atoms with Crippen LogP contribution in [0.25, 0.3) is 0 Å². The second-order valence-corrected chi connectivity index (χ2v) is 2.84. The first-order valence-electron chi connectivity index (χ1n) is 4.05. The van der Waals surface area contributed by atoms with Gasteiger partial charge in [0.05, 0.1) is 17.4 Å². The molecule has 0 aliphatic heterocycles. The Hall–Kier alpha value is -2.08. The van der Waals surface area contributed by atoms with E-state index in [2.05, 4.69) is 0 Å². The van der Waals surface area contributed by atoms with Gasteiger partial charge in [0, 0.05) is 11.6 Å². The van der Waals surface area contributed by atoms with Crippen molar-refractivity contribution in [3.63, 3.8) is 0 Å². The number of nitriles is 1. The summed E-state index contributed by atoms with van der Waals surface area (Å²) in [7, 11) is 0. The maximum absolute atomic E-state index is 11.4. The molecule has 3 heteroatoms. The van der Waals surface area contributed by atoms with Crippen molar-refractivity contribution in [2.24, 2.45) is 0 Å². The Bertz CT molecular complexity index is 423. The summed E-state index contributed by atoms with van der Waals surface area (Å²) >= 11 is 0. The molecular formula is C11H9NO2. The fourth-order valence-corrected chi connectivity index (χ4v) is 1.02. The zero-order valence-corrected chi connectivity index (χ0v) is 7.69. The molecule has 0 unspecified atom stereocenters. The molecule has 0 atom stereocenters. The van der Waals surface area contributed by atoms with E-state index in [0.29, 0.717) is 11.1 Å². The topological polar surface area (TPSA) is 61.1 Å². The molecule has 0 aliphatic rings. The summed E-state index contributed by atoms with van der Waals surface area (Å²) < 4.78 is 0. The highest BCUT2D eigenvalue weighted by molar-refractivity contribution is 6.04. The molecule has 0 aliphatic carbocycles. The predicted molar refractivity (Wildman–Crippen MR) is 51.9 cm³/mol. The molecule has 0 saturated carbocycles. The first-order chi connectivity index (χ1) is 6.63. The molecule has 3 nitrogen and oxygen atoms in total. The predicted octanol–water partition coefficient (Wildman–Crippen LogP) is 2.20. The Morgan fingerprint density at radius 2 is 2.29 bits per heavy atom. The van der Waals surface area contributed by atoms with Gasteiger partial charge in [-0.3, -0.25) is 4.79 Å². The van der Waals surface area contributed by atoms with Crippen molar-refractivity contribution in [1.29, 1.82) is 5.26 Å². The average molecular weight is 187 g/mol. The van der Waals surface area contributed by atoms with Crippen LogP contribution in [0.4, 0.5) is 0 Å². The minimum Gasteiger partial charge on any atom is -0.512 e. The van der Waals surface area contributed by atoms with Gasteiger partial charge in [-0.25, -0.2) is 0 Å². The highest BCUT2D eigenvalue weighted by Crippen LogP contribution is 2.06. The monoisotopic (exact) mass is 187 g/mol. The van der Waals surface area contributed by atoms with E-state index in [1.807, 2.05) is 6.07 Å². The number of carbonyl (C=O) groups is 1. The molecule has 14 heavy (non-hydrogen) atoms. The van der Waals surface area contributed by atoms with Gasteiger partial charge in [-0.15, -0.1) is 0 Å². The van der Waals surface area contributed by atoms with Crippen molar-refractivity contribution < 1.29 is 9.90 Å². The van der Waals surface area contributed by atoms with E-state index in [-0.39, 0.29) is 11.5 Å². The minimum absolute atomic E-state index is 0.0441. The first kappa shape index (κ1) is 10.0. The zero-order chi connectivity index (χ0) is 10.6. The molecule has 1 N–H and O–H groups in total. The number of nitrogens with zero attached hydrogens (tertiary/aromatic N) is 1. The van der Waals surface area contributed by atoms with Crippen LogP contribution in [0.2, 0.25) is 0 Å². The lowest BCUT2D eigenvalue weighted by molar-refractivity contribution is 0.104. The second-order valence-electron chi connectivity index (χ2n) is 2.84. The highest BCUT2D eigenvalue weighted by atomic mass is 16.3. The molecule has 1 aromatic rings. The Kier molecular flexibility index (Phi) is 3.03. The number of carbonyl (C=O) groups excluding carboxylic acids is 1. The summed E-state index contributed by atoms with van der Waals surface area (Å²) in [5, 5.41) is 17.5. The highest BCUT2D eigenvalue weighted by Gasteiger charge is 2.03. The van der Waals surface area contributed by atoms with Crippen molar-refractivity contribution >= 4 is 5.78 Å². The third-order valence-corrected chi connectivity index (χ3v) is 1.62. The van der Waals surface area contributed by atoms with Gasteiger partial charge in [-0.2, -0.15) is 5.26 Å². The lowest BCUT2D eigenvalue weighted by atomic mass is 10.1. The summed E-state index contributed by atoms with van der Waals surface area (Å²) in [5.41, 5.74) is 0.831. The maximum atomic E-state index is 11.4. The van der Waals surface area contributed by atoms with E-state index in [4.69, 9.17) is 10.4 Å². The molecule has 0 heterocycles. The van der Waals surface area contributed by atoms with Gasteiger partial charge in [-0.05, 0) is 19.1 Å². The third kappa shape index (κ3) is 2.46. The van der Waals surface area contributed by atoms with Crippen molar-refractivity contribution in [3.8, 4) is 6.07 Å². The van der Waals surface area contributed by atoms with Gasteiger partial charge in [0.15, 0.2) is 5.78 Å². The largest absolute Gasteiger partial charge is 0.512 e. The van der Waals surface area contributed by atoms with E-state index >= 15 is 0 Å². The first-order valence-corrected chi connectivity index (χ1v) is 4.05. The van der Waals surface area contributed by atoms with Crippen molar-refractivity contribution in [2.75, 3.05) is 0 Å². The number of aliphatic hydroxyl groups excluding tert-OH is 1. The van der Waals surface area contributed by atoms with Crippen LogP contribution in [-0.2, 0) is 0 Å². The Morgan fingerprint density at radius 1 is 1.57 bits per heavy atom. The summed E-state index contributed by atoms with van der Waals surface area (Å²) in [5.74, 6) is -0.348. The van der Waals surface area contributed by atoms with Crippen LogP contribution >= 0.6 is 0 Å². The van der Waals surface area contributed by atoms with Gasteiger partial charge in [0.1, 0.15) is 0 Å². The van der Waals surface area contributed by atoms with Crippen LogP contribution in [0, 0.1) is 11.3 Å². The minimum atomic E-state index is -0.304. The van der Waals surface area contributed by atoms with Gasteiger partial charge in [0.2, 0.25) is 0 Å². The van der Waals surface area contributed by atoms with Crippen molar-refractivity contribution in [2.45, 2.75) is 6.92 Å². The average Bonchev–Trinajstić information content (AvgIpc) is 2.17. The fourth-order valence-electron chi connectivity index (χ4n) is 1.02. The van der Waals surface area contributed by atoms with Crippen molar-refractivity contribution in [3.05, 3.63) is 47.2 Å². The Labute approximate surface area is 81.9 Å². The van der Waals surface area contributed by atoms with Crippen LogP contribution < -0.4 is 0 Å². The van der Waals surface area contributed by atoms with Gasteiger partial charge >= 0.3 is 0 Å². The number of allylic oxidation sites excluding steroid dienone is 2. The number of ketones is 1. The van der Waals surface area contributed by atoms with Crippen LogP contribution in [-0.4, -0.2) is 10.9 Å². The SMILES string of the molecule is CC(O)=CC(=O)c1cccc(C#N)c1. The van der Waals surface area contributed by atoms with Crippen LogP contribution in [0.3, 0.4) is 0 Å². The van der Waals surface area contributed by atoms with E-state index < -0.39 is 0 Å². The quantitative estimate of drug-likeness (QED) is 0.438. The molecule has 1 rings (SSSR count). The van der Waals surface area contributed by atoms with E-state index in [9.17, 15) is 4.79 Å². The molecule has 0 spiro atoms. The Balaban J connectivity index is 3.03. The van der Waals surface area contributed by atoms with Crippen LogP contribution in [0.1, 0.15) is 22.8 Å². The Morgan fingerprint density at radius 3 is 2.86 bits per heavy atom. The van der Waals surface area contributed by atoms with Gasteiger partial charge in [-0.1, -0.05) is 12.1 Å². The van der Waals surface area contributed by atoms with Gasteiger partial charge < -0.3 is 5.11 Å². The zero-order valence-electron chi connectivity index (χ0n) is 7.69. The smallest absolute Gasteiger partial charge is 0.189 e. The summed E-state index contributed by atoms with van der Waals surface area (Å²) in [6, 6.07) is 8.28. The van der Waals surface area contributed by atoms with Gasteiger partial charge in [0.25, 0.3) is 0 Å². The second kappa shape index (κ2) is 4.24. The van der Waals surface area contributed by atoms with Crippen LogP contribution in [0.5, 0.6) is 0 Å². The molecule has 0 amide bonds. The molecule has 0 radical (unpaired) electrons. The summed E-state index contributed by atoms with van der Waals surface area (Å²) in [4.78, 5) is 11.4. The molecule has 0 bridgehead atoms. The number of benzene rings is 1. The lowest BCUT2D eigenvalue weighted by Gasteiger charge is -1.96. The maximum Gasteiger partial charge on any atom is 0.189 e. The van der Waals surface area contributed by atoms with E-state index in [1.54, 1.807) is 18.2 Å². The van der Waals surface area contributed by atoms with E-state index in [0.717, 1.165) is 6.08 Å². The standard InChI is InChI=1S/C11H9NO2/c1-8(13)5-11(14)10-4-2-3-9(6-10)7-12/h2-6,13H,1H3. The molecule has 1 aromatic carbocycles. The summed E-state index contributed by atoms with van der Waals surface area (Å²) in [6.07, 6.45) is 1.12. The molecule has 0 fully saturated rings. The number of hydrogen-bond acceptors (Lipinski definition) is 3. The number of hydrogen-bond donors (Lipinski definition) is 1.